The van der Waals surface area contributed by atoms with Crippen LogP contribution < -0.4 is 5.32 Å². The van der Waals surface area contributed by atoms with Crippen molar-refractivity contribution in [2.45, 2.75) is 31.9 Å². The van der Waals surface area contributed by atoms with Crippen LogP contribution in [0.2, 0.25) is 0 Å². The second kappa shape index (κ2) is 6.32. The second-order valence-corrected chi connectivity index (χ2v) is 3.86. The van der Waals surface area contributed by atoms with Crippen LogP contribution in [0.5, 0.6) is 0 Å². The summed E-state index contributed by atoms with van der Waals surface area (Å²) in [6.45, 7) is 4.66. The van der Waals surface area contributed by atoms with Crippen LogP contribution in [-0.4, -0.2) is 48.7 Å². The van der Waals surface area contributed by atoms with Crippen molar-refractivity contribution in [1.29, 1.82) is 0 Å². The molecule has 1 unspecified atom stereocenters. The van der Waals surface area contributed by atoms with Gasteiger partial charge in [-0.15, -0.1) is 0 Å². The van der Waals surface area contributed by atoms with E-state index in [4.69, 9.17) is 9.84 Å². The van der Waals surface area contributed by atoms with E-state index in [1.165, 1.54) is 0 Å². The van der Waals surface area contributed by atoms with E-state index < -0.39 is 5.60 Å². The number of methoxy groups -OCH3 is 1. The lowest BCUT2D eigenvalue weighted by molar-refractivity contribution is 0.0669. The van der Waals surface area contributed by atoms with Crippen LogP contribution in [0.1, 0.15) is 20.3 Å². The van der Waals surface area contributed by atoms with Gasteiger partial charge in [0.15, 0.2) is 0 Å². The molecular weight excluding hydrogens is 170 g/mol. The van der Waals surface area contributed by atoms with Crippen LogP contribution in [0.25, 0.3) is 0 Å². The largest absolute Gasteiger partial charge is 0.396 e. The quantitative estimate of drug-likeness (QED) is 0.519. The van der Waals surface area contributed by atoms with E-state index in [-0.39, 0.29) is 12.6 Å². The molecule has 3 N–H and O–H groups in total. The molecule has 13 heavy (non-hydrogen) atoms. The second-order valence-electron chi connectivity index (χ2n) is 3.86. The van der Waals surface area contributed by atoms with Crippen LogP contribution in [0.3, 0.4) is 0 Å². The Morgan fingerprint density at radius 2 is 2.08 bits per heavy atom. The summed E-state index contributed by atoms with van der Waals surface area (Å²) in [5.74, 6) is 0. The Kier molecular flexibility index (Phi) is 6.24. The van der Waals surface area contributed by atoms with Crippen molar-refractivity contribution in [2.24, 2.45) is 0 Å². The van der Waals surface area contributed by atoms with Gasteiger partial charge < -0.3 is 20.3 Å². The summed E-state index contributed by atoms with van der Waals surface area (Å²) in [6, 6.07) is 0.112. The lowest BCUT2D eigenvalue weighted by atomic mass is 10.1. The van der Waals surface area contributed by atoms with E-state index in [2.05, 4.69) is 5.32 Å². The SMILES string of the molecule is COCC(CCO)NCC(C)(C)O. The van der Waals surface area contributed by atoms with Gasteiger partial charge in [0.25, 0.3) is 0 Å². The molecule has 0 heterocycles. The molecule has 0 aliphatic rings. The highest BCUT2D eigenvalue weighted by Gasteiger charge is 2.15. The first-order chi connectivity index (χ1) is 5.99. The number of ether oxygens (including phenoxy) is 1. The molecule has 0 aliphatic heterocycles. The van der Waals surface area contributed by atoms with Gasteiger partial charge in [-0.3, -0.25) is 0 Å². The van der Waals surface area contributed by atoms with Crippen molar-refractivity contribution in [3.05, 3.63) is 0 Å². The lowest BCUT2D eigenvalue weighted by Crippen LogP contribution is -2.43. The van der Waals surface area contributed by atoms with E-state index in [0.717, 1.165) is 0 Å². The third-order valence-electron chi connectivity index (χ3n) is 1.67. The summed E-state index contributed by atoms with van der Waals surface area (Å²) >= 11 is 0. The first kappa shape index (κ1) is 12.8. The van der Waals surface area contributed by atoms with E-state index in [9.17, 15) is 5.11 Å². The number of rotatable bonds is 7. The zero-order chi connectivity index (χ0) is 10.3. The molecule has 4 heteroatoms. The highest BCUT2D eigenvalue weighted by Crippen LogP contribution is 2.00. The minimum absolute atomic E-state index is 0.112. The highest BCUT2D eigenvalue weighted by atomic mass is 16.5. The summed E-state index contributed by atoms with van der Waals surface area (Å²) in [5.41, 5.74) is -0.721. The summed E-state index contributed by atoms with van der Waals surface area (Å²) < 4.78 is 4.97. The fourth-order valence-corrected chi connectivity index (χ4v) is 0.995. The molecule has 0 amide bonds. The molecule has 0 aromatic rings. The molecule has 0 aromatic carbocycles. The Morgan fingerprint density at radius 3 is 2.46 bits per heavy atom. The molecule has 0 bridgehead atoms. The lowest BCUT2D eigenvalue weighted by Gasteiger charge is -2.23. The van der Waals surface area contributed by atoms with Gasteiger partial charge in [-0.05, 0) is 20.3 Å². The zero-order valence-electron chi connectivity index (χ0n) is 8.71. The van der Waals surface area contributed by atoms with Crippen LogP contribution in [-0.2, 0) is 4.74 Å². The molecule has 0 spiro atoms. The molecular formula is C9H21NO3. The third kappa shape index (κ3) is 8.18. The Hall–Kier alpha value is -0.160. The van der Waals surface area contributed by atoms with Gasteiger partial charge in [0, 0.05) is 26.3 Å². The van der Waals surface area contributed by atoms with Crippen molar-refractivity contribution in [3.8, 4) is 0 Å². The van der Waals surface area contributed by atoms with E-state index in [1.54, 1.807) is 21.0 Å². The van der Waals surface area contributed by atoms with E-state index in [1.807, 2.05) is 0 Å². The van der Waals surface area contributed by atoms with Crippen molar-refractivity contribution in [2.75, 3.05) is 26.9 Å². The Balaban J connectivity index is 3.68. The topological polar surface area (TPSA) is 61.7 Å². The summed E-state index contributed by atoms with van der Waals surface area (Å²) in [6.07, 6.45) is 0.643. The van der Waals surface area contributed by atoms with Gasteiger partial charge in [0.2, 0.25) is 0 Å². The number of aliphatic hydroxyl groups is 2. The molecule has 0 fully saturated rings. The fraction of sp³-hybridized carbons (Fsp3) is 1.00. The molecule has 0 aliphatic carbocycles. The first-order valence-corrected chi connectivity index (χ1v) is 4.55. The molecule has 0 saturated carbocycles. The van der Waals surface area contributed by atoms with Crippen LogP contribution in [0.15, 0.2) is 0 Å². The minimum Gasteiger partial charge on any atom is -0.396 e. The number of nitrogens with one attached hydrogen (secondary N) is 1. The van der Waals surface area contributed by atoms with Crippen LogP contribution in [0.4, 0.5) is 0 Å². The van der Waals surface area contributed by atoms with Gasteiger partial charge in [0.1, 0.15) is 0 Å². The Labute approximate surface area is 79.9 Å². The molecule has 80 valence electrons. The maximum absolute atomic E-state index is 9.44. The molecule has 0 aromatic heterocycles. The fourth-order valence-electron chi connectivity index (χ4n) is 0.995. The Morgan fingerprint density at radius 1 is 1.46 bits per heavy atom. The van der Waals surface area contributed by atoms with Crippen LogP contribution in [0, 0.1) is 0 Å². The normalized spacial score (nSPS) is 14.5. The van der Waals surface area contributed by atoms with Gasteiger partial charge >= 0.3 is 0 Å². The maximum atomic E-state index is 9.44. The van der Waals surface area contributed by atoms with E-state index in [0.29, 0.717) is 19.6 Å². The number of hydrogen-bond donors (Lipinski definition) is 3. The van der Waals surface area contributed by atoms with Crippen molar-refractivity contribution in [3.63, 3.8) is 0 Å². The van der Waals surface area contributed by atoms with Gasteiger partial charge in [0.05, 0.1) is 12.2 Å². The molecule has 1 atom stereocenters. The van der Waals surface area contributed by atoms with Gasteiger partial charge in [-0.25, -0.2) is 0 Å². The molecule has 4 nitrogen and oxygen atoms in total. The van der Waals surface area contributed by atoms with Crippen LogP contribution >= 0.6 is 0 Å². The van der Waals surface area contributed by atoms with Crippen molar-refractivity contribution >= 4 is 0 Å². The minimum atomic E-state index is -0.721. The summed E-state index contributed by atoms with van der Waals surface area (Å²) in [5, 5.41) is 21.3. The summed E-state index contributed by atoms with van der Waals surface area (Å²) in [4.78, 5) is 0. The molecule has 0 rings (SSSR count). The maximum Gasteiger partial charge on any atom is 0.0715 e. The Bertz CT molecular complexity index is 117. The third-order valence-corrected chi connectivity index (χ3v) is 1.67. The monoisotopic (exact) mass is 191 g/mol. The number of aliphatic hydroxyl groups excluding tert-OH is 1. The molecule has 0 saturated heterocycles. The van der Waals surface area contributed by atoms with Crippen molar-refractivity contribution in [1.82, 2.24) is 5.32 Å². The van der Waals surface area contributed by atoms with Gasteiger partial charge in [-0.2, -0.15) is 0 Å². The predicted octanol–water partition coefficient (Wildman–Crippen LogP) is -0.256. The first-order valence-electron chi connectivity index (χ1n) is 4.55. The van der Waals surface area contributed by atoms with Gasteiger partial charge in [-0.1, -0.05) is 0 Å². The van der Waals surface area contributed by atoms with E-state index >= 15 is 0 Å². The number of hydrogen-bond acceptors (Lipinski definition) is 4. The smallest absolute Gasteiger partial charge is 0.0715 e. The highest BCUT2D eigenvalue weighted by molar-refractivity contribution is 4.73. The average Bonchev–Trinajstić information content (AvgIpc) is 2.00. The standard InChI is InChI=1S/C9H21NO3/c1-9(2,12)7-10-8(4-5-11)6-13-3/h8,10-12H,4-7H2,1-3H3. The predicted molar refractivity (Wildman–Crippen MR) is 51.7 cm³/mol. The average molecular weight is 191 g/mol. The van der Waals surface area contributed by atoms with Crippen molar-refractivity contribution < 1.29 is 14.9 Å². The zero-order valence-corrected chi connectivity index (χ0v) is 8.71. The molecule has 0 radical (unpaired) electrons. The summed E-state index contributed by atoms with van der Waals surface area (Å²) in [7, 11) is 1.62.